The first-order valence-electron chi connectivity index (χ1n) is 11.6. The fraction of sp³-hybridized carbons (Fsp3) is 0.385. The SMILES string of the molecule is c1ccc2nc(N3CCN(C4CCC(c5c[nH]c6ncccc56)CC4)CC3)ccc2c1. The Morgan fingerprint density at radius 1 is 0.839 bits per heavy atom. The normalized spacial score (nSPS) is 22.9. The lowest BCUT2D eigenvalue weighted by Gasteiger charge is -2.42. The summed E-state index contributed by atoms with van der Waals surface area (Å²) in [4.78, 5) is 17.9. The van der Waals surface area contributed by atoms with E-state index in [0.29, 0.717) is 5.92 Å². The molecule has 5 heteroatoms. The summed E-state index contributed by atoms with van der Waals surface area (Å²) >= 11 is 0. The van der Waals surface area contributed by atoms with Gasteiger partial charge in [-0.15, -0.1) is 0 Å². The maximum atomic E-state index is 4.90. The van der Waals surface area contributed by atoms with E-state index in [9.17, 15) is 0 Å². The van der Waals surface area contributed by atoms with Crippen LogP contribution in [-0.2, 0) is 0 Å². The molecule has 4 heterocycles. The quantitative estimate of drug-likeness (QED) is 0.518. The summed E-state index contributed by atoms with van der Waals surface area (Å²) in [6, 6.07) is 17.8. The summed E-state index contributed by atoms with van der Waals surface area (Å²) in [6.07, 6.45) is 9.21. The van der Waals surface area contributed by atoms with Gasteiger partial charge in [0.05, 0.1) is 5.52 Å². The summed E-state index contributed by atoms with van der Waals surface area (Å²) in [5, 5.41) is 2.52. The molecule has 1 aromatic carbocycles. The number of anilines is 1. The van der Waals surface area contributed by atoms with E-state index in [2.05, 4.69) is 74.5 Å². The molecule has 1 saturated heterocycles. The number of pyridine rings is 2. The van der Waals surface area contributed by atoms with Crippen molar-refractivity contribution in [1.82, 2.24) is 19.9 Å². The second-order valence-corrected chi connectivity index (χ2v) is 9.03. The number of aromatic amines is 1. The van der Waals surface area contributed by atoms with Gasteiger partial charge in [-0.1, -0.05) is 18.2 Å². The Morgan fingerprint density at radius 2 is 1.68 bits per heavy atom. The molecule has 0 bridgehead atoms. The Morgan fingerprint density at radius 3 is 2.55 bits per heavy atom. The van der Waals surface area contributed by atoms with Crippen molar-refractivity contribution in [3.8, 4) is 0 Å². The van der Waals surface area contributed by atoms with Gasteiger partial charge in [-0.25, -0.2) is 9.97 Å². The Balaban J connectivity index is 1.07. The molecule has 158 valence electrons. The van der Waals surface area contributed by atoms with Crippen molar-refractivity contribution in [3.63, 3.8) is 0 Å². The van der Waals surface area contributed by atoms with E-state index in [1.54, 1.807) is 0 Å². The average molecular weight is 412 g/mol. The van der Waals surface area contributed by atoms with Crippen LogP contribution in [0, 0.1) is 0 Å². The van der Waals surface area contributed by atoms with Gasteiger partial charge >= 0.3 is 0 Å². The fourth-order valence-corrected chi connectivity index (χ4v) is 5.61. The van der Waals surface area contributed by atoms with Gasteiger partial charge in [0, 0.05) is 55.4 Å². The topological polar surface area (TPSA) is 48.1 Å². The third-order valence-electron chi connectivity index (χ3n) is 7.36. The van der Waals surface area contributed by atoms with Crippen molar-refractivity contribution in [2.45, 2.75) is 37.6 Å². The molecule has 4 aromatic rings. The van der Waals surface area contributed by atoms with Crippen LogP contribution in [0.15, 0.2) is 60.9 Å². The standard InChI is InChI=1S/C26H29N5/c1-2-6-24-20(4-1)9-12-25(29-24)31-16-14-30(15-17-31)21-10-7-19(8-11-21)23-18-28-26-22(23)5-3-13-27-26/h1-6,9,12-13,18-19,21H,7-8,10-11,14-17H2,(H,27,28). The predicted molar refractivity (Wildman–Crippen MR) is 127 cm³/mol. The highest BCUT2D eigenvalue weighted by atomic mass is 15.3. The number of aromatic nitrogens is 3. The van der Waals surface area contributed by atoms with Gasteiger partial charge in [-0.2, -0.15) is 0 Å². The highest BCUT2D eigenvalue weighted by Gasteiger charge is 2.30. The lowest BCUT2D eigenvalue weighted by molar-refractivity contribution is 0.141. The minimum absolute atomic E-state index is 0.664. The number of H-pyrrole nitrogens is 1. The maximum Gasteiger partial charge on any atom is 0.137 e. The van der Waals surface area contributed by atoms with Crippen LogP contribution >= 0.6 is 0 Å². The summed E-state index contributed by atoms with van der Waals surface area (Å²) in [5.41, 5.74) is 3.58. The first-order valence-corrected chi connectivity index (χ1v) is 11.6. The van der Waals surface area contributed by atoms with Crippen molar-refractivity contribution in [2.75, 3.05) is 31.1 Å². The summed E-state index contributed by atoms with van der Waals surface area (Å²) in [6.45, 7) is 4.42. The molecule has 31 heavy (non-hydrogen) atoms. The summed E-state index contributed by atoms with van der Waals surface area (Å²) in [7, 11) is 0. The number of hydrogen-bond donors (Lipinski definition) is 1. The number of nitrogens with zero attached hydrogens (tertiary/aromatic N) is 4. The van der Waals surface area contributed by atoms with E-state index < -0.39 is 0 Å². The van der Waals surface area contributed by atoms with Crippen LogP contribution < -0.4 is 4.90 Å². The highest BCUT2D eigenvalue weighted by molar-refractivity contribution is 5.80. The van der Waals surface area contributed by atoms with E-state index in [-0.39, 0.29) is 0 Å². The minimum atomic E-state index is 0.664. The summed E-state index contributed by atoms with van der Waals surface area (Å²) in [5.74, 6) is 1.78. The number of hydrogen-bond acceptors (Lipinski definition) is 4. The molecular weight excluding hydrogens is 382 g/mol. The second-order valence-electron chi connectivity index (χ2n) is 9.03. The Kier molecular flexibility index (Phi) is 4.84. The number of rotatable bonds is 3. The molecule has 0 spiro atoms. The molecule has 1 saturated carbocycles. The molecule has 5 nitrogen and oxygen atoms in total. The Bertz CT molecular complexity index is 1180. The van der Waals surface area contributed by atoms with Crippen molar-refractivity contribution in [2.24, 2.45) is 0 Å². The van der Waals surface area contributed by atoms with Crippen molar-refractivity contribution >= 4 is 27.8 Å². The predicted octanol–water partition coefficient (Wildman–Crippen LogP) is 4.96. The van der Waals surface area contributed by atoms with Gasteiger partial charge in [0.2, 0.25) is 0 Å². The van der Waals surface area contributed by atoms with Crippen LogP contribution in [0.4, 0.5) is 5.82 Å². The number of nitrogens with one attached hydrogen (secondary N) is 1. The monoisotopic (exact) mass is 411 g/mol. The van der Waals surface area contributed by atoms with Crippen LogP contribution in [0.25, 0.3) is 21.9 Å². The van der Waals surface area contributed by atoms with Gasteiger partial charge in [0.1, 0.15) is 11.5 Å². The fourth-order valence-electron chi connectivity index (χ4n) is 5.61. The van der Waals surface area contributed by atoms with Gasteiger partial charge < -0.3 is 9.88 Å². The highest BCUT2D eigenvalue weighted by Crippen LogP contribution is 2.38. The number of fused-ring (bicyclic) bond motifs is 2. The van der Waals surface area contributed by atoms with Crippen LogP contribution in [-0.4, -0.2) is 52.1 Å². The Labute approximate surface area is 183 Å². The smallest absolute Gasteiger partial charge is 0.137 e. The van der Waals surface area contributed by atoms with E-state index >= 15 is 0 Å². The summed E-state index contributed by atoms with van der Waals surface area (Å²) < 4.78 is 0. The van der Waals surface area contributed by atoms with Crippen molar-refractivity contribution in [3.05, 3.63) is 66.5 Å². The first kappa shape index (κ1) is 18.8. The van der Waals surface area contributed by atoms with Crippen LogP contribution in [0.1, 0.15) is 37.2 Å². The number of benzene rings is 1. The van der Waals surface area contributed by atoms with E-state index in [0.717, 1.165) is 49.2 Å². The molecule has 6 rings (SSSR count). The molecule has 2 aliphatic rings. The molecule has 0 amide bonds. The lowest BCUT2D eigenvalue weighted by Crippen LogP contribution is -2.51. The molecule has 3 aromatic heterocycles. The molecule has 1 aliphatic heterocycles. The van der Waals surface area contributed by atoms with Crippen molar-refractivity contribution < 1.29 is 0 Å². The third kappa shape index (κ3) is 3.57. The molecule has 1 aliphatic carbocycles. The molecule has 2 fully saturated rings. The second kappa shape index (κ2) is 7.97. The molecular formula is C26H29N5. The van der Waals surface area contributed by atoms with E-state index in [1.807, 2.05) is 6.20 Å². The maximum absolute atomic E-state index is 4.90. The minimum Gasteiger partial charge on any atom is -0.354 e. The zero-order chi connectivity index (χ0) is 20.6. The van der Waals surface area contributed by atoms with Crippen LogP contribution in [0.5, 0.6) is 0 Å². The van der Waals surface area contributed by atoms with Gasteiger partial charge in [-0.05, 0) is 67.5 Å². The van der Waals surface area contributed by atoms with Gasteiger partial charge in [0.25, 0.3) is 0 Å². The largest absolute Gasteiger partial charge is 0.354 e. The number of piperazine rings is 1. The third-order valence-corrected chi connectivity index (χ3v) is 7.36. The molecule has 0 radical (unpaired) electrons. The van der Waals surface area contributed by atoms with Crippen LogP contribution in [0.2, 0.25) is 0 Å². The zero-order valence-corrected chi connectivity index (χ0v) is 17.9. The van der Waals surface area contributed by atoms with E-state index in [1.165, 1.54) is 42.0 Å². The van der Waals surface area contributed by atoms with Crippen molar-refractivity contribution in [1.29, 1.82) is 0 Å². The average Bonchev–Trinajstić information content (AvgIpc) is 3.28. The lowest BCUT2D eigenvalue weighted by atomic mass is 9.81. The zero-order valence-electron chi connectivity index (χ0n) is 17.9. The number of para-hydroxylation sites is 1. The first-order chi connectivity index (χ1) is 15.3. The molecule has 0 atom stereocenters. The van der Waals surface area contributed by atoms with E-state index in [4.69, 9.17) is 4.98 Å². The van der Waals surface area contributed by atoms with Gasteiger partial charge in [-0.3, -0.25) is 4.90 Å². The van der Waals surface area contributed by atoms with Gasteiger partial charge in [0.15, 0.2) is 0 Å². The molecule has 0 unspecified atom stereocenters. The van der Waals surface area contributed by atoms with Crippen LogP contribution in [0.3, 0.4) is 0 Å². The molecule has 1 N–H and O–H groups in total. The Hall–Kier alpha value is -2.92.